The second kappa shape index (κ2) is 4.69. The fraction of sp³-hybridized carbons (Fsp3) is 0.312. The number of benzene rings is 1. The van der Waals surface area contributed by atoms with Crippen molar-refractivity contribution in [1.82, 2.24) is 19.7 Å². The number of hydrogen-bond acceptors (Lipinski definition) is 4. The molecule has 2 aromatic heterocycles. The lowest BCUT2D eigenvalue weighted by Crippen LogP contribution is -2.23. The lowest BCUT2D eigenvalue weighted by molar-refractivity contribution is 0.759. The van der Waals surface area contributed by atoms with Gasteiger partial charge in [0.1, 0.15) is 11.2 Å². The maximum atomic E-state index is 12.1. The Hall–Kier alpha value is -2.63. The number of hydrogen-bond donors (Lipinski definition) is 1. The zero-order valence-electron chi connectivity index (χ0n) is 12.6. The van der Waals surface area contributed by atoms with Crippen LogP contribution in [-0.4, -0.2) is 26.3 Å². The Morgan fingerprint density at radius 2 is 2.23 bits per heavy atom. The number of fused-ring (bicyclic) bond motifs is 2. The fourth-order valence-corrected chi connectivity index (χ4v) is 3.05. The molecule has 6 nitrogen and oxygen atoms in total. The molecule has 0 atom stereocenters. The van der Waals surface area contributed by atoms with Crippen LogP contribution in [0.2, 0.25) is 0 Å². The van der Waals surface area contributed by atoms with Gasteiger partial charge in [0.25, 0.3) is 5.56 Å². The quantitative estimate of drug-likeness (QED) is 0.778. The third kappa shape index (κ3) is 1.99. The summed E-state index contributed by atoms with van der Waals surface area (Å²) in [5.74, 6) is 0.676. The maximum absolute atomic E-state index is 12.1. The van der Waals surface area contributed by atoms with Crippen LogP contribution in [0, 0.1) is 6.92 Å². The Kier molecular flexibility index (Phi) is 2.79. The molecule has 0 spiro atoms. The van der Waals surface area contributed by atoms with Crippen LogP contribution in [0.5, 0.6) is 0 Å². The molecule has 4 rings (SSSR count). The van der Waals surface area contributed by atoms with Crippen molar-refractivity contribution in [3.63, 3.8) is 0 Å². The maximum Gasteiger partial charge on any atom is 0.262 e. The van der Waals surface area contributed by atoms with Crippen LogP contribution in [0.3, 0.4) is 0 Å². The van der Waals surface area contributed by atoms with Crippen molar-refractivity contribution < 1.29 is 0 Å². The van der Waals surface area contributed by atoms with E-state index in [4.69, 9.17) is 0 Å². The van der Waals surface area contributed by atoms with E-state index in [1.54, 1.807) is 17.9 Å². The number of aryl methyl sites for hydroxylation is 2. The molecule has 0 fully saturated rings. The molecule has 1 aromatic carbocycles. The van der Waals surface area contributed by atoms with E-state index in [0.29, 0.717) is 23.4 Å². The van der Waals surface area contributed by atoms with Gasteiger partial charge in [0.2, 0.25) is 0 Å². The number of H-pyrrole nitrogens is 1. The van der Waals surface area contributed by atoms with E-state index in [-0.39, 0.29) is 5.56 Å². The van der Waals surface area contributed by atoms with Crippen molar-refractivity contribution in [3.05, 3.63) is 51.7 Å². The zero-order valence-corrected chi connectivity index (χ0v) is 12.6. The van der Waals surface area contributed by atoms with E-state index in [0.717, 1.165) is 13.0 Å². The van der Waals surface area contributed by atoms with Gasteiger partial charge in [0.05, 0.1) is 12.7 Å². The fourth-order valence-electron chi connectivity index (χ4n) is 3.05. The summed E-state index contributed by atoms with van der Waals surface area (Å²) in [6.45, 7) is 3.65. The van der Waals surface area contributed by atoms with E-state index in [1.807, 2.05) is 0 Å². The minimum absolute atomic E-state index is 0.128. The molecule has 6 heteroatoms. The second-order valence-corrected chi connectivity index (χ2v) is 5.82. The van der Waals surface area contributed by atoms with Crippen LogP contribution in [-0.2, 0) is 20.0 Å². The van der Waals surface area contributed by atoms with Gasteiger partial charge < -0.3 is 9.88 Å². The first-order valence-electron chi connectivity index (χ1n) is 7.37. The molecule has 3 heterocycles. The smallest absolute Gasteiger partial charge is 0.262 e. The van der Waals surface area contributed by atoms with Gasteiger partial charge >= 0.3 is 0 Å². The molecule has 0 saturated heterocycles. The average Bonchev–Trinajstić information content (AvgIpc) is 3.05. The summed E-state index contributed by atoms with van der Waals surface area (Å²) in [6.07, 6.45) is 2.59. The number of aromatic amines is 1. The predicted molar refractivity (Wildman–Crippen MR) is 85.1 cm³/mol. The van der Waals surface area contributed by atoms with Crippen LogP contribution in [0.1, 0.15) is 17.0 Å². The first-order chi connectivity index (χ1) is 10.6. The third-order valence-electron chi connectivity index (χ3n) is 4.22. The van der Waals surface area contributed by atoms with Crippen molar-refractivity contribution in [1.29, 1.82) is 0 Å². The molecule has 1 aliphatic rings. The Morgan fingerprint density at radius 1 is 1.36 bits per heavy atom. The number of rotatable bonds is 2. The lowest BCUT2D eigenvalue weighted by Gasteiger charge is -2.19. The molecule has 0 aliphatic carbocycles. The van der Waals surface area contributed by atoms with Crippen LogP contribution in [0.4, 0.5) is 5.69 Å². The zero-order chi connectivity index (χ0) is 15.3. The van der Waals surface area contributed by atoms with Crippen molar-refractivity contribution in [2.45, 2.75) is 19.9 Å². The highest BCUT2D eigenvalue weighted by Crippen LogP contribution is 2.29. The van der Waals surface area contributed by atoms with Gasteiger partial charge in [-0.15, -0.1) is 0 Å². The van der Waals surface area contributed by atoms with Gasteiger partial charge in [0.15, 0.2) is 5.65 Å². The van der Waals surface area contributed by atoms with Gasteiger partial charge in [-0.2, -0.15) is 5.10 Å². The third-order valence-corrected chi connectivity index (χ3v) is 4.22. The van der Waals surface area contributed by atoms with Crippen LogP contribution in [0.15, 0.2) is 29.2 Å². The minimum Gasteiger partial charge on any atom is -0.363 e. The van der Waals surface area contributed by atoms with E-state index < -0.39 is 0 Å². The summed E-state index contributed by atoms with van der Waals surface area (Å²) >= 11 is 0. The van der Waals surface area contributed by atoms with E-state index >= 15 is 0 Å². The predicted octanol–water partition coefficient (Wildman–Crippen LogP) is 1.53. The first-order valence-corrected chi connectivity index (χ1v) is 7.37. The largest absolute Gasteiger partial charge is 0.363 e. The van der Waals surface area contributed by atoms with Gasteiger partial charge in [0, 0.05) is 19.3 Å². The lowest BCUT2D eigenvalue weighted by atomic mass is 10.1. The van der Waals surface area contributed by atoms with Crippen LogP contribution in [0.25, 0.3) is 11.0 Å². The van der Waals surface area contributed by atoms with E-state index in [2.05, 4.69) is 45.1 Å². The second-order valence-electron chi connectivity index (χ2n) is 5.82. The van der Waals surface area contributed by atoms with E-state index in [9.17, 15) is 4.79 Å². The summed E-state index contributed by atoms with van der Waals surface area (Å²) in [4.78, 5) is 21.8. The Balaban J connectivity index is 1.72. The molecule has 0 bridgehead atoms. The van der Waals surface area contributed by atoms with Gasteiger partial charge in [-0.25, -0.2) is 4.98 Å². The van der Waals surface area contributed by atoms with Crippen LogP contribution < -0.4 is 10.5 Å². The minimum atomic E-state index is -0.128. The van der Waals surface area contributed by atoms with Crippen molar-refractivity contribution in [3.8, 4) is 0 Å². The van der Waals surface area contributed by atoms with Gasteiger partial charge in [-0.1, -0.05) is 12.1 Å². The topological polar surface area (TPSA) is 66.8 Å². The molecular weight excluding hydrogens is 278 g/mol. The molecule has 112 valence electrons. The summed E-state index contributed by atoms with van der Waals surface area (Å²) < 4.78 is 1.64. The number of aromatic nitrogens is 4. The SMILES string of the molecule is Cc1ccc2c(c1)N(Cc1nc3c(cnn3C)c(=O)[nH]1)CC2. The highest BCUT2D eigenvalue weighted by molar-refractivity contribution is 5.73. The van der Waals surface area contributed by atoms with Crippen molar-refractivity contribution >= 4 is 16.7 Å². The number of anilines is 1. The molecule has 0 amide bonds. The van der Waals surface area contributed by atoms with Crippen LogP contribution >= 0.6 is 0 Å². The molecule has 1 aliphatic heterocycles. The average molecular weight is 295 g/mol. The standard InChI is InChI=1S/C16H17N5O/c1-10-3-4-11-5-6-21(13(11)7-10)9-14-18-15-12(16(22)19-14)8-17-20(15)2/h3-4,7-8H,5-6,9H2,1-2H3,(H,18,19,22). The summed E-state index contributed by atoms with van der Waals surface area (Å²) in [6, 6.07) is 6.53. The van der Waals surface area contributed by atoms with Gasteiger partial charge in [-0.3, -0.25) is 9.48 Å². The molecule has 1 N–H and O–H groups in total. The number of nitrogens with zero attached hydrogens (tertiary/aromatic N) is 4. The molecule has 0 radical (unpaired) electrons. The Bertz CT molecular complexity index is 924. The highest BCUT2D eigenvalue weighted by atomic mass is 16.1. The van der Waals surface area contributed by atoms with Crippen molar-refractivity contribution in [2.24, 2.45) is 7.05 Å². The van der Waals surface area contributed by atoms with E-state index in [1.165, 1.54) is 16.8 Å². The summed E-state index contributed by atoms with van der Waals surface area (Å²) in [7, 11) is 1.80. The first kappa shape index (κ1) is 13.1. The molecule has 22 heavy (non-hydrogen) atoms. The molecule has 0 unspecified atom stereocenters. The molecule has 3 aromatic rings. The summed E-state index contributed by atoms with van der Waals surface area (Å²) in [5.41, 5.74) is 4.34. The molecule has 0 saturated carbocycles. The number of nitrogens with one attached hydrogen (secondary N) is 1. The monoisotopic (exact) mass is 295 g/mol. The van der Waals surface area contributed by atoms with Crippen molar-refractivity contribution in [2.75, 3.05) is 11.4 Å². The van der Waals surface area contributed by atoms with Gasteiger partial charge in [-0.05, 0) is 30.5 Å². The highest BCUT2D eigenvalue weighted by Gasteiger charge is 2.20. The Morgan fingerprint density at radius 3 is 3.09 bits per heavy atom. The summed E-state index contributed by atoms with van der Waals surface area (Å²) in [5, 5.41) is 4.63. The molecular formula is C16H17N5O. The normalized spacial score (nSPS) is 13.8. The Labute approximate surface area is 127 Å².